The molecule has 1 nitrogen and oxygen atoms in total. The SMILES string of the molecule is [CH]1CCC2CCN(C2)S1. The third kappa shape index (κ3) is 1.24. The van der Waals surface area contributed by atoms with E-state index in [0.717, 1.165) is 5.92 Å². The Morgan fingerprint density at radius 1 is 1.44 bits per heavy atom. The Morgan fingerprint density at radius 3 is 3.44 bits per heavy atom. The van der Waals surface area contributed by atoms with Gasteiger partial charge in [-0.15, -0.1) is 0 Å². The zero-order valence-electron chi connectivity index (χ0n) is 5.55. The highest BCUT2D eigenvalue weighted by Crippen LogP contribution is 2.33. The average molecular weight is 142 g/mol. The first-order chi connectivity index (χ1) is 4.45. The zero-order valence-corrected chi connectivity index (χ0v) is 6.36. The molecule has 0 aliphatic carbocycles. The van der Waals surface area contributed by atoms with Crippen LogP contribution in [0.25, 0.3) is 0 Å². The van der Waals surface area contributed by atoms with Gasteiger partial charge in [0.1, 0.15) is 0 Å². The first-order valence-corrected chi connectivity index (χ1v) is 4.52. The molecule has 2 saturated heterocycles. The molecule has 2 aliphatic heterocycles. The Labute approximate surface area is 60.9 Å². The molecule has 2 atom stereocenters. The van der Waals surface area contributed by atoms with Gasteiger partial charge in [0, 0.05) is 18.8 Å². The zero-order chi connectivity index (χ0) is 6.10. The molecule has 2 fully saturated rings. The van der Waals surface area contributed by atoms with Crippen molar-refractivity contribution in [3.8, 4) is 0 Å². The largest absolute Gasteiger partial charge is 0.250 e. The molecule has 2 rings (SSSR count). The Bertz CT molecular complexity index is 93.1. The molecule has 51 valence electrons. The topological polar surface area (TPSA) is 3.24 Å². The lowest BCUT2D eigenvalue weighted by atomic mass is 10.0. The van der Waals surface area contributed by atoms with Crippen LogP contribution < -0.4 is 0 Å². The van der Waals surface area contributed by atoms with Crippen molar-refractivity contribution in [2.45, 2.75) is 19.3 Å². The monoisotopic (exact) mass is 142 g/mol. The van der Waals surface area contributed by atoms with Crippen LogP contribution in [0.1, 0.15) is 19.3 Å². The molecule has 9 heavy (non-hydrogen) atoms. The summed E-state index contributed by atoms with van der Waals surface area (Å²) in [6.45, 7) is 2.67. The molecule has 2 aliphatic rings. The number of rotatable bonds is 0. The van der Waals surface area contributed by atoms with E-state index < -0.39 is 0 Å². The maximum atomic E-state index is 2.48. The van der Waals surface area contributed by atoms with Crippen molar-refractivity contribution in [2.75, 3.05) is 13.1 Å². The van der Waals surface area contributed by atoms with Gasteiger partial charge < -0.3 is 0 Å². The summed E-state index contributed by atoms with van der Waals surface area (Å²) in [6.07, 6.45) is 4.20. The van der Waals surface area contributed by atoms with Crippen LogP contribution in [0.5, 0.6) is 0 Å². The van der Waals surface area contributed by atoms with Gasteiger partial charge in [0.05, 0.1) is 0 Å². The average Bonchev–Trinajstić information content (AvgIpc) is 2.09. The van der Waals surface area contributed by atoms with Crippen molar-refractivity contribution >= 4 is 11.9 Å². The van der Waals surface area contributed by atoms with Crippen molar-refractivity contribution in [3.05, 3.63) is 5.75 Å². The Kier molecular flexibility index (Phi) is 1.68. The number of fused-ring (bicyclic) bond motifs is 2. The highest BCUT2D eigenvalue weighted by Gasteiger charge is 2.24. The van der Waals surface area contributed by atoms with Crippen LogP contribution in [-0.4, -0.2) is 17.4 Å². The molecule has 2 heterocycles. The van der Waals surface area contributed by atoms with Gasteiger partial charge in [-0.1, -0.05) is 11.9 Å². The third-order valence-corrected chi connectivity index (χ3v) is 3.18. The van der Waals surface area contributed by atoms with Gasteiger partial charge in [-0.05, 0) is 25.2 Å². The quantitative estimate of drug-likeness (QED) is 0.475. The van der Waals surface area contributed by atoms with E-state index in [4.69, 9.17) is 0 Å². The summed E-state index contributed by atoms with van der Waals surface area (Å²) in [5, 5.41) is 0. The Balaban J connectivity index is 1.99. The van der Waals surface area contributed by atoms with Gasteiger partial charge in [-0.3, -0.25) is 4.31 Å². The molecule has 1 radical (unpaired) electrons. The first kappa shape index (κ1) is 6.05. The van der Waals surface area contributed by atoms with Gasteiger partial charge in [-0.25, -0.2) is 0 Å². The van der Waals surface area contributed by atoms with Gasteiger partial charge in [0.25, 0.3) is 0 Å². The second-order valence-corrected chi connectivity index (χ2v) is 3.95. The van der Waals surface area contributed by atoms with Crippen LogP contribution in [0.15, 0.2) is 0 Å². The van der Waals surface area contributed by atoms with Crippen LogP contribution in [0.4, 0.5) is 0 Å². The van der Waals surface area contributed by atoms with Crippen molar-refractivity contribution in [2.24, 2.45) is 5.92 Å². The minimum absolute atomic E-state index is 1.02. The summed E-state index contributed by atoms with van der Waals surface area (Å²) in [7, 11) is 0. The van der Waals surface area contributed by atoms with Gasteiger partial charge in [-0.2, -0.15) is 0 Å². The fourth-order valence-corrected chi connectivity index (χ4v) is 2.55. The van der Waals surface area contributed by atoms with Gasteiger partial charge in [0.15, 0.2) is 0 Å². The number of nitrogens with zero attached hydrogens (tertiary/aromatic N) is 1. The molecule has 0 aromatic rings. The van der Waals surface area contributed by atoms with Gasteiger partial charge in [0.2, 0.25) is 0 Å². The third-order valence-electron chi connectivity index (χ3n) is 2.16. The van der Waals surface area contributed by atoms with Crippen LogP contribution in [-0.2, 0) is 0 Å². The molecule has 0 N–H and O–H groups in total. The van der Waals surface area contributed by atoms with E-state index in [1.807, 2.05) is 11.9 Å². The Morgan fingerprint density at radius 2 is 2.44 bits per heavy atom. The fraction of sp³-hybridized carbons (Fsp3) is 0.857. The number of hydrogen-bond acceptors (Lipinski definition) is 2. The summed E-state index contributed by atoms with van der Waals surface area (Å²) in [6, 6.07) is 0. The highest BCUT2D eigenvalue weighted by atomic mass is 32.2. The minimum Gasteiger partial charge on any atom is -0.250 e. The van der Waals surface area contributed by atoms with Crippen LogP contribution >= 0.6 is 11.9 Å². The molecule has 2 heteroatoms. The van der Waals surface area contributed by atoms with Crippen LogP contribution in [0.2, 0.25) is 0 Å². The van der Waals surface area contributed by atoms with Crippen LogP contribution in [0, 0.1) is 11.7 Å². The molecule has 0 spiro atoms. The summed E-state index contributed by atoms with van der Waals surface area (Å²) < 4.78 is 2.48. The van der Waals surface area contributed by atoms with Crippen molar-refractivity contribution in [1.82, 2.24) is 4.31 Å². The summed E-state index contributed by atoms with van der Waals surface area (Å²) in [5.74, 6) is 3.37. The van der Waals surface area contributed by atoms with E-state index in [0.29, 0.717) is 0 Å². The van der Waals surface area contributed by atoms with Crippen molar-refractivity contribution < 1.29 is 0 Å². The Hall–Kier alpha value is 0.310. The van der Waals surface area contributed by atoms with E-state index in [1.165, 1.54) is 32.4 Å². The number of hydrogen-bond donors (Lipinski definition) is 0. The lowest BCUT2D eigenvalue weighted by Gasteiger charge is -2.09. The predicted octanol–water partition coefficient (Wildman–Crippen LogP) is 1.91. The smallest absolute Gasteiger partial charge is 0.0326 e. The minimum atomic E-state index is 1.02. The maximum absolute atomic E-state index is 2.48. The van der Waals surface area contributed by atoms with Crippen molar-refractivity contribution in [1.29, 1.82) is 0 Å². The maximum Gasteiger partial charge on any atom is 0.0326 e. The second kappa shape index (κ2) is 2.51. The van der Waals surface area contributed by atoms with E-state index in [1.54, 1.807) is 0 Å². The lowest BCUT2D eigenvalue weighted by molar-refractivity contribution is 0.508. The highest BCUT2D eigenvalue weighted by molar-refractivity contribution is 7.99. The molecule has 0 aromatic carbocycles. The van der Waals surface area contributed by atoms with E-state index in [9.17, 15) is 0 Å². The van der Waals surface area contributed by atoms with E-state index in [2.05, 4.69) is 10.1 Å². The summed E-state index contributed by atoms with van der Waals surface area (Å²) in [5.41, 5.74) is 0. The van der Waals surface area contributed by atoms with Crippen molar-refractivity contribution in [3.63, 3.8) is 0 Å². The molecule has 0 aromatic heterocycles. The first-order valence-electron chi connectivity index (χ1n) is 3.68. The summed E-state index contributed by atoms with van der Waals surface area (Å²) >= 11 is 1.93. The van der Waals surface area contributed by atoms with Gasteiger partial charge >= 0.3 is 0 Å². The molecule has 2 bridgehead atoms. The van der Waals surface area contributed by atoms with E-state index in [-0.39, 0.29) is 0 Å². The molecule has 0 saturated carbocycles. The molecule has 2 unspecified atom stereocenters. The second-order valence-electron chi connectivity index (χ2n) is 2.89. The van der Waals surface area contributed by atoms with E-state index >= 15 is 0 Å². The normalized spacial score (nSPS) is 42.7. The predicted molar refractivity (Wildman–Crippen MR) is 40.8 cm³/mol. The molecular weight excluding hydrogens is 130 g/mol. The molecular formula is C7H12NS. The van der Waals surface area contributed by atoms with Crippen LogP contribution in [0.3, 0.4) is 0 Å². The fourth-order valence-electron chi connectivity index (χ4n) is 1.59. The lowest BCUT2D eigenvalue weighted by Crippen LogP contribution is -2.08. The molecule has 0 amide bonds. The standard InChI is InChI=1S/C7H12NS/c1-2-7-3-4-8(6-7)9-5-1/h5,7H,1-4,6H2. The summed E-state index contributed by atoms with van der Waals surface area (Å²) in [4.78, 5) is 0.